The summed E-state index contributed by atoms with van der Waals surface area (Å²) in [5.74, 6) is 0.490. The van der Waals surface area contributed by atoms with E-state index >= 15 is 0 Å². The maximum absolute atomic E-state index is 2.32. The van der Waals surface area contributed by atoms with Crippen molar-refractivity contribution < 1.29 is 0 Å². The molecule has 0 heterocycles. The van der Waals surface area contributed by atoms with Crippen LogP contribution >= 0.6 is 0 Å². The molecule has 142 valence electrons. The summed E-state index contributed by atoms with van der Waals surface area (Å²) in [6.07, 6.45) is 9.11. The molecule has 0 radical (unpaired) electrons. The Labute approximate surface area is 177 Å². The molecule has 0 nitrogen and oxygen atoms in total. The second-order valence-corrected chi connectivity index (χ2v) is 8.14. The predicted octanol–water partition coefficient (Wildman–Crippen LogP) is 7.62. The SMILES string of the molecule is C1=Cc2ccccc2C(C2c3ccccc3C=Cc3ccccc32)c2ccccc21. The number of hydrogen-bond donors (Lipinski definition) is 0. The third-order valence-corrected chi connectivity index (χ3v) is 6.54. The van der Waals surface area contributed by atoms with Crippen LogP contribution in [0.15, 0.2) is 97.1 Å². The third kappa shape index (κ3) is 2.69. The summed E-state index contributed by atoms with van der Waals surface area (Å²) in [4.78, 5) is 0. The molecule has 0 fully saturated rings. The molecule has 30 heavy (non-hydrogen) atoms. The van der Waals surface area contributed by atoms with Crippen LogP contribution < -0.4 is 0 Å². The summed E-state index contributed by atoms with van der Waals surface area (Å²) in [6.45, 7) is 0. The van der Waals surface area contributed by atoms with Gasteiger partial charge in [-0.1, -0.05) is 121 Å². The molecule has 6 rings (SSSR count). The van der Waals surface area contributed by atoms with E-state index in [1.54, 1.807) is 0 Å². The molecule has 0 N–H and O–H groups in total. The van der Waals surface area contributed by atoms with Gasteiger partial charge in [-0.05, 0) is 44.5 Å². The molecule has 0 heteroatoms. The maximum atomic E-state index is 2.32. The predicted molar refractivity (Wildman–Crippen MR) is 127 cm³/mol. The Morgan fingerprint density at radius 1 is 0.300 bits per heavy atom. The van der Waals surface area contributed by atoms with Gasteiger partial charge in [0.05, 0.1) is 0 Å². The van der Waals surface area contributed by atoms with Crippen LogP contribution in [0.2, 0.25) is 0 Å². The summed E-state index contributed by atoms with van der Waals surface area (Å²) >= 11 is 0. The van der Waals surface area contributed by atoms with Crippen molar-refractivity contribution in [1.82, 2.24) is 0 Å². The van der Waals surface area contributed by atoms with Gasteiger partial charge in [-0.15, -0.1) is 0 Å². The first-order chi connectivity index (χ1) is 14.9. The van der Waals surface area contributed by atoms with Gasteiger partial charge in [0.25, 0.3) is 0 Å². The Morgan fingerprint density at radius 2 is 0.533 bits per heavy atom. The van der Waals surface area contributed by atoms with E-state index in [-0.39, 0.29) is 11.8 Å². The van der Waals surface area contributed by atoms with E-state index < -0.39 is 0 Å². The van der Waals surface area contributed by atoms with Gasteiger partial charge in [0.1, 0.15) is 0 Å². The van der Waals surface area contributed by atoms with Crippen molar-refractivity contribution in [2.75, 3.05) is 0 Å². The molecule has 0 amide bonds. The molecular weight excluding hydrogens is 360 g/mol. The van der Waals surface area contributed by atoms with Crippen LogP contribution in [0, 0.1) is 0 Å². The van der Waals surface area contributed by atoms with Gasteiger partial charge in [0.2, 0.25) is 0 Å². The highest BCUT2D eigenvalue weighted by atomic mass is 14.4. The van der Waals surface area contributed by atoms with Crippen molar-refractivity contribution in [2.24, 2.45) is 0 Å². The summed E-state index contributed by atoms with van der Waals surface area (Å²) < 4.78 is 0. The van der Waals surface area contributed by atoms with Gasteiger partial charge < -0.3 is 0 Å². The van der Waals surface area contributed by atoms with Crippen molar-refractivity contribution in [2.45, 2.75) is 11.8 Å². The average Bonchev–Trinajstić information content (AvgIpc) is 3.07. The standard InChI is InChI=1S/C30H22/c1-5-13-25-21(9-1)17-18-22-10-2-6-14-26(22)29(25)30-27-15-7-3-11-23(27)19-20-24-12-4-8-16-28(24)30/h1-20,29-30H. The van der Waals surface area contributed by atoms with E-state index in [0.717, 1.165) is 0 Å². The molecule has 4 aromatic carbocycles. The van der Waals surface area contributed by atoms with Crippen LogP contribution in [0.25, 0.3) is 24.3 Å². The van der Waals surface area contributed by atoms with E-state index in [1.807, 2.05) is 0 Å². The zero-order chi connectivity index (χ0) is 19.9. The summed E-state index contributed by atoms with van der Waals surface area (Å²) in [6, 6.07) is 35.6. The molecule has 0 aliphatic heterocycles. The van der Waals surface area contributed by atoms with Crippen LogP contribution in [0.3, 0.4) is 0 Å². The summed E-state index contributed by atoms with van der Waals surface area (Å²) in [7, 11) is 0. The monoisotopic (exact) mass is 382 g/mol. The van der Waals surface area contributed by atoms with E-state index in [0.29, 0.717) is 0 Å². The largest absolute Gasteiger partial charge is 0.0619 e. The minimum Gasteiger partial charge on any atom is -0.0619 e. The van der Waals surface area contributed by atoms with Crippen LogP contribution in [-0.2, 0) is 0 Å². The lowest BCUT2D eigenvalue weighted by Gasteiger charge is -2.31. The summed E-state index contributed by atoms with van der Waals surface area (Å²) in [5.41, 5.74) is 10.8. The quantitative estimate of drug-likeness (QED) is 0.318. The molecule has 2 aliphatic rings. The molecule has 4 aromatic rings. The average molecular weight is 383 g/mol. The van der Waals surface area contributed by atoms with Gasteiger partial charge in [-0.3, -0.25) is 0 Å². The van der Waals surface area contributed by atoms with Crippen LogP contribution in [0.1, 0.15) is 56.3 Å². The third-order valence-electron chi connectivity index (χ3n) is 6.54. The number of rotatable bonds is 1. The van der Waals surface area contributed by atoms with Crippen molar-refractivity contribution in [3.05, 3.63) is 142 Å². The minimum atomic E-state index is 0.245. The lowest BCUT2D eigenvalue weighted by Crippen LogP contribution is -2.17. The number of hydrogen-bond acceptors (Lipinski definition) is 0. The van der Waals surface area contributed by atoms with Crippen LogP contribution in [-0.4, -0.2) is 0 Å². The smallest absolute Gasteiger partial charge is 0.0211 e. The highest BCUT2D eigenvalue weighted by Crippen LogP contribution is 2.49. The first-order valence-corrected chi connectivity index (χ1v) is 10.6. The normalized spacial score (nSPS) is 14.8. The van der Waals surface area contributed by atoms with E-state index in [2.05, 4.69) is 121 Å². The molecule has 0 spiro atoms. The molecule has 2 aliphatic carbocycles. The Morgan fingerprint density at radius 3 is 0.800 bits per heavy atom. The first-order valence-electron chi connectivity index (χ1n) is 10.6. The Hall–Kier alpha value is -3.64. The molecule has 0 aromatic heterocycles. The minimum absolute atomic E-state index is 0.245. The fraction of sp³-hybridized carbons (Fsp3) is 0.0667. The molecular formula is C30H22. The van der Waals surface area contributed by atoms with Gasteiger partial charge >= 0.3 is 0 Å². The zero-order valence-electron chi connectivity index (χ0n) is 16.7. The first kappa shape index (κ1) is 17.2. The lowest BCUT2D eigenvalue weighted by atomic mass is 9.71. The number of benzene rings is 4. The topological polar surface area (TPSA) is 0 Å². The highest BCUT2D eigenvalue weighted by Gasteiger charge is 2.34. The van der Waals surface area contributed by atoms with Gasteiger partial charge in [0.15, 0.2) is 0 Å². The fourth-order valence-electron chi connectivity index (χ4n) is 5.20. The second-order valence-electron chi connectivity index (χ2n) is 8.14. The zero-order valence-corrected chi connectivity index (χ0v) is 16.7. The van der Waals surface area contributed by atoms with Crippen molar-refractivity contribution >= 4 is 24.3 Å². The van der Waals surface area contributed by atoms with Crippen molar-refractivity contribution in [3.8, 4) is 0 Å². The van der Waals surface area contributed by atoms with Gasteiger partial charge in [-0.2, -0.15) is 0 Å². The van der Waals surface area contributed by atoms with Gasteiger partial charge in [0, 0.05) is 11.8 Å². The highest BCUT2D eigenvalue weighted by molar-refractivity contribution is 5.80. The van der Waals surface area contributed by atoms with E-state index in [4.69, 9.17) is 0 Å². The van der Waals surface area contributed by atoms with E-state index in [1.165, 1.54) is 44.5 Å². The second kappa shape index (κ2) is 7.00. The van der Waals surface area contributed by atoms with Crippen LogP contribution in [0.4, 0.5) is 0 Å². The fourth-order valence-corrected chi connectivity index (χ4v) is 5.20. The molecule has 0 bridgehead atoms. The lowest BCUT2D eigenvalue weighted by molar-refractivity contribution is 0.691. The number of fused-ring (bicyclic) bond motifs is 4. The van der Waals surface area contributed by atoms with E-state index in [9.17, 15) is 0 Å². The molecule has 0 atom stereocenters. The van der Waals surface area contributed by atoms with Crippen molar-refractivity contribution in [3.63, 3.8) is 0 Å². The molecule has 0 saturated carbocycles. The Balaban J connectivity index is 1.70. The summed E-state index contributed by atoms with van der Waals surface area (Å²) in [5, 5.41) is 0. The maximum Gasteiger partial charge on any atom is 0.0211 e. The van der Waals surface area contributed by atoms with Gasteiger partial charge in [-0.25, -0.2) is 0 Å². The van der Waals surface area contributed by atoms with Crippen molar-refractivity contribution in [1.29, 1.82) is 0 Å². The molecule has 0 unspecified atom stereocenters. The molecule has 0 saturated heterocycles. The van der Waals surface area contributed by atoms with Crippen LogP contribution in [0.5, 0.6) is 0 Å². The Kier molecular flexibility index (Phi) is 4.02. The Bertz CT molecular complexity index is 1100.